The van der Waals surface area contributed by atoms with Gasteiger partial charge in [-0.1, -0.05) is 23.7 Å². The Hall–Kier alpha value is -1.91. The van der Waals surface area contributed by atoms with Crippen LogP contribution in [0.5, 0.6) is 0 Å². The highest BCUT2D eigenvalue weighted by Gasteiger charge is 2.48. The van der Waals surface area contributed by atoms with Crippen molar-refractivity contribution in [1.29, 1.82) is 0 Å². The van der Waals surface area contributed by atoms with Gasteiger partial charge in [0.05, 0.1) is 5.69 Å². The maximum absolute atomic E-state index is 12.0. The van der Waals surface area contributed by atoms with E-state index >= 15 is 0 Å². The van der Waals surface area contributed by atoms with Crippen LogP contribution in [-0.2, 0) is 10.4 Å². The van der Waals surface area contributed by atoms with Crippen molar-refractivity contribution in [2.24, 2.45) is 0 Å². The maximum Gasteiger partial charge on any atom is 0.267 e. The number of carbonyl (C=O) groups excluding carboxylic acids is 1. The van der Waals surface area contributed by atoms with Crippen LogP contribution in [0.15, 0.2) is 42.6 Å². The molecule has 1 aromatic heterocycles. The Morgan fingerprint density at radius 3 is 2.89 bits per heavy atom. The zero-order chi connectivity index (χ0) is 12.8. The molecule has 0 radical (unpaired) electrons. The Morgan fingerprint density at radius 1 is 1.28 bits per heavy atom. The molecule has 1 amide bonds. The normalized spacial score (nSPS) is 21.6. The summed E-state index contributed by atoms with van der Waals surface area (Å²) in [6.07, 6.45) is 1.54. The van der Waals surface area contributed by atoms with Gasteiger partial charge in [-0.05, 0) is 24.3 Å². The largest absolute Gasteiger partial charge is 0.370 e. The fourth-order valence-electron chi connectivity index (χ4n) is 2.10. The summed E-state index contributed by atoms with van der Waals surface area (Å²) in [5.41, 5.74) is -0.547. The molecule has 18 heavy (non-hydrogen) atoms. The number of nitrogens with one attached hydrogen (secondary N) is 1. The summed E-state index contributed by atoms with van der Waals surface area (Å²) in [7, 11) is 0. The van der Waals surface area contributed by atoms with Gasteiger partial charge in [-0.15, -0.1) is 0 Å². The first-order valence-corrected chi connectivity index (χ1v) is 5.75. The number of aliphatic hydroxyl groups is 1. The molecule has 1 aromatic carbocycles. The minimum atomic E-state index is -1.78. The van der Waals surface area contributed by atoms with E-state index in [0.29, 0.717) is 22.0 Å². The lowest BCUT2D eigenvalue weighted by Crippen LogP contribution is -2.35. The maximum atomic E-state index is 12.0. The molecule has 0 bridgehead atoms. The molecule has 1 aliphatic heterocycles. The van der Waals surface area contributed by atoms with Crippen molar-refractivity contribution in [3.63, 3.8) is 0 Å². The van der Waals surface area contributed by atoms with Gasteiger partial charge in [-0.2, -0.15) is 0 Å². The molecule has 1 unspecified atom stereocenters. The third-order valence-electron chi connectivity index (χ3n) is 2.97. The lowest BCUT2D eigenvalue weighted by Gasteiger charge is -2.20. The van der Waals surface area contributed by atoms with E-state index in [1.807, 2.05) is 0 Å². The van der Waals surface area contributed by atoms with Crippen LogP contribution >= 0.6 is 11.6 Å². The van der Waals surface area contributed by atoms with Crippen molar-refractivity contribution >= 4 is 23.2 Å². The van der Waals surface area contributed by atoms with E-state index in [0.717, 1.165) is 0 Å². The molecule has 2 aromatic rings. The summed E-state index contributed by atoms with van der Waals surface area (Å²) in [6, 6.07) is 9.97. The van der Waals surface area contributed by atoms with E-state index in [9.17, 15) is 9.90 Å². The number of carbonyl (C=O) groups is 1. The standard InChI is InChI=1S/C13H9ClN2O2/c14-9-4-1-3-8(7-9)13(18)11-10(16-12(13)17)5-2-6-15-11/h1-7,18H,(H,16,17). The molecule has 5 heteroatoms. The van der Waals surface area contributed by atoms with Crippen LogP contribution < -0.4 is 5.32 Å². The Bertz CT molecular complexity index is 644. The summed E-state index contributed by atoms with van der Waals surface area (Å²) in [5, 5.41) is 13.7. The number of rotatable bonds is 1. The van der Waals surface area contributed by atoms with Gasteiger partial charge in [-0.3, -0.25) is 9.78 Å². The summed E-state index contributed by atoms with van der Waals surface area (Å²) in [4.78, 5) is 16.1. The van der Waals surface area contributed by atoms with Gasteiger partial charge in [0.25, 0.3) is 5.91 Å². The monoisotopic (exact) mass is 260 g/mol. The fourth-order valence-corrected chi connectivity index (χ4v) is 2.29. The molecule has 1 atom stereocenters. The number of anilines is 1. The number of aromatic nitrogens is 1. The topological polar surface area (TPSA) is 62.2 Å². The minimum absolute atomic E-state index is 0.303. The van der Waals surface area contributed by atoms with Crippen molar-refractivity contribution < 1.29 is 9.90 Å². The molecule has 0 spiro atoms. The van der Waals surface area contributed by atoms with Gasteiger partial charge in [0.15, 0.2) is 0 Å². The van der Waals surface area contributed by atoms with Crippen molar-refractivity contribution in [1.82, 2.24) is 4.98 Å². The number of nitrogens with zero attached hydrogens (tertiary/aromatic N) is 1. The zero-order valence-electron chi connectivity index (χ0n) is 9.22. The van der Waals surface area contributed by atoms with E-state index in [4.69, 9.17) is 11.6 Å². The molecule has 1 aliphatic rings. The second-order valence-corrected chi connectivity index (χ2v) is 4.51. The van der Waals surface area contributed by atoms with E-state index in [-0.39, 0.29) is 0 Å². The van der Waals surface area contributed by atoms with Crippen LogP contribution in [0.3, 0.4) is 0 Å². The van der Waals surface area contributed by atoms with Crippen LogP contribution in [0.25, 0.3) is 0 Å². The third-order valence-corrected chi connectivity index (χ3v) is 3.20. The third kappa shape index (κ3) is 1.43. The van der Waals surface area contributed by atoms with Crippen molar-refractivity contribution in [2.45, 2.75) is 5.60 Å². The number of amides is 1. The molecule has 4 nitrogen and oxygen atoms in total. The molecule has 3 rings (SSSR count). The van der Waals surface area contributed by atoms with Gasteiger partial charge >= 0.3 is 0 Å². The van der Waals surface area contributed by atoms with E-state index in [2.05, 4.69) is 10.3 Å². The average molecular weight is 261 g/mol. The van der Waals surface area contributed by atoms with Gasteiger partial charge in [0.2, 0.25) is 5.60 Å². The predicted octanol–water partition coefficient (Wildman–Crippen LogP) is 1.92. The summed E-state index contributed by atoms with van der Waals surface area (Å²) >= 11 is 5.90. The first-order valence-electron chi connectivity index (χ1n) is 5.38. The van der Waals surface area contributed by atoms with Gasteiger partial charge in [0.1, 0.15) is 5.69 Å². The van der Waals surface area contributed by atoms with Crippen LogP contribution in [-0.4, -0.2) is 16.0 Å². The molecule has 90 valence electrons. The van der Waals surface area contributed by atoms with Crippen LogP contribution in [0.2, 0.25) is 5.02 Å². The quantitative estimate of drug-likeness (QED) is 0.824. The number of hydrogen-bond donors (Lipinski definition) is 2. The number of pyridine rings is 1. The van der Waals surface area contributed by atoms with Crippen molar-refractivity contribution in [2.75, 3.05) is 5.32 Å². The van der Waals surface area contributed by atoms with Crippen LogP contribution in [0.4, 0.5) is 5.69 Å². The van der Waals surface area contributed by atoms with Crippen LogP contribution in [0.1, 0.15) is 11.3 Å². The van der Waals surface area contributed by atoms with E-state index in [1.54, 1.807) is 36.4 Å². The predicted molar refractivity (Wildman–Crippen MR) is 67.3 cm³/mol. The molecule has 2 heterocycles. The lowest BCUT2D eigenvalue weighted by atomic mass is 9.91. The van der Waals surface area contributed by atoms with E-state index < -0.39 is 11.5 Å². The second-order valence-electron chi connectivity index (χ2n) is 4.07. The van der Waals surface area contributed by atoms with Crippen molar-refractivity contribution in [3.05, 3.63) is 58.9 Å². The molecule has 0 aliphatic carbocycles. The molecular weight excluding hydrogens is 252 g/mol. The molecule has 0 saturated heterocycles. The average Bonchev–Trinajstić information content (AvgIpc) is 2.63. The van der Waals surface area contributed by atoms with Crippen molar-refractivity contribution in [3.8, 4) is 0 Å². The first kappa shape index (κ1) is 11.2. The number of fused-ring (bicyclic) bond motifs is 1. The highest BCUT2D eigenvalue weighted by molar-refractivity contribution is 6.30. The molecular formula is C13H9ClN2O2. The summed E-state index contributed by atoms with van der Waals surface area (Å²) < 4.78 is 0. The number of halogens is 1. The Labute approximate surface area is 108 Å². The number of hydrogen-bond acceptors (Lipinski definition) is 3. The SMILES string of the molecule is O=C1Nc2cccnc2C1(O)c1cccc(Cl)c1. The highest BCUT2D eigenvalue weighted by atomic mass is 35.5. The summed E-state index contributed by atoms with van der Waals surface area (Å²) in [6.45, 7) is 0. The number of benzene rings is 1. The first-order chi connectivity index (χ1) is 8.62. The van der Waals surface area contributed by atoms with E-state index in [1.165, 1.54) is 6.20 Å². The zero-order valence-corrected chi connectivity index (χ0v) is 9.98. The molecule has 0 fully saturated rings. The lowest BCUT2D eigenvalue weighted by molar-refractivity contribution is -0.129. The Kier molecular flexibility index (Phi) is 2.36. The second kappa shape index (κ2) is 3.80. The van der Waals surface area contributed by atoms with Gasteiger partial charge in [-0.25, -0.2) is 0 Å². The van der Waals surface area contributed by atoms with Gasteiger partial charge < -0.3 is 10.4 Å². The highest BCUT2D eigenvalue weighted by Crippen LogP contribution is 2.39. The fraction of sp³-hybridized carbons (Fsp3) is 0.0769. The Balaban J connectivity index is 2.23. The summed E-state index contributed by atoms with van der Waals surface area (Å²) in [5.74, 6) is -0.515. The Morgan fingerprint density at radius 2 is 2.11 bits per heavy atom. The smallest absolute Gasteiger partial charge is 0.267 e. The molecule has 0 saturated carbocycles. The molecule has 2 N–H and O–H groups in total. The van der Waals surface area contributed by atoms with Gasteiger partial charge in [0, 0.05) is 16.8 Å². The van der Waals surface area contributed by atoms with Crippen LogP contribution in [0, 0.1) is 0 Å². The minimum Gasteiger partial charge on any atom is -0.370 e.